The molecule has 0 saturated carbocycles. The Bertz CT molecular complexity index is 1520. The Morgan fingerprint density at radius 1 is 1.29 bits per heavy atom. The number of ether oxygens (including phenoxy) is 2. The molecule has 0 spiro atoms. The number of nitrogens with one attached hydrogen (secondary N) is 1. The number of hydrogen-bond acceptors (Lipinski definition) is 10. The second-order valence-electron chi connectivity index (χ2n) is 9.63. The van der Waals surface area contributed by atoms with Crippen molar-refractivity contribution in [1.82, 2.24) is 24.2 Å². The number of nitriles is 1. The largest absolute Gasteiger partial charge is 0.378 e. The molecule has 6 heterocycles. The highest BCUT2D eigenvalue weighted by molar-refractivity contribution is 7.89. The van der Waals surface area contributed by atoms with Gasteiger partial charge in [-0.25, -0.2) is 17.2 Å². The van der Waals surface area contributed by atoms with Crippen molar-refractivity contribution in [1.29, 1.82) is 5.26 Å². The van der Waals surface area contributed by atoms with Gasteiger partial charge in [0.1, 0.15) is 4.90 Å². The number of alkyl halides is 2. The molecule has 3 aromatic heterocycles. The summed E-state index contributed by atoms with van der Waals surface area (Å²) >= 11 is 0.755. The van der Waals surface area contributed by atoms with Gasteiger partial charge >= 0.3 is 0 Å². The molecule has 6 rings (SSSR count). The van der Waals surface area contributed by atoms with Crippen molar-refractivity contribution in [3.63, 3.8) is 0 Å². The predicted molar refractivity (Wildman–Crippen MR) is 134 cm³/mol. The Kier molecular flexibility index (Phi) is 6.36. The maximum absolute atomic E-state index is 13.6. The van der Waals surface area contributed by atoms with Gasteiger partial charge < -0.3 is 18.8 Å². The Balaban J connectivity index is 1.46. The molecule has 3 fully saturated rings. The molecule has 0 bridgehead atoms. The first-order valence-corrected chi connectivity index (χ1v) is 14.4. The minimum Gasteiger partial charge on any atom is -0.378 e. The molecule has 3 aliphatic rings. The van der Waals surface area contributed by atoms with Gasteiger partial charge in [0.25, 0.3) is 6.43 Å². The molecule has 0 aliphatic carbocycles. The molecule has 0 aromatic carbocycles. The standard InChI is InChI=1S/C23H25F2N7O4S2/c1-14-23(12-26,13-36-14)29-38(33,34)16-8-19(31-5-4-30-6-7-35-11-15(30)9-31)17-2-3-18(32(17)10-16)21-27-28-22(37-21)20(24)25/h2-3,8,10,14-15,20,29H,4-7,9,11,13H2,1H3/t14?,15-,23?/m1/s1. The number of nitrogens with zero attached hydrogens (tertiary/aromatic N) is 6. The lowest BCUT2D eigenvalue weighted by atomic mass is 9.92. The smallest absolute Gasteiger partial charge is 0.291 e. The Hall–Kier alpha value is -2.74. The molecule has 3 aliphatic heterocycles. The lowest BCUT2D eigenvalue weighted by Gasteiger charge is -2.44. The maximum Gasteiger partial charge on any atom is 0.291 e. The van der Waals surface area contributed by atoms with Crippen molar-refractivity contribution in [3.05, 3.63) is 29.4 Å². The minimum absolute atomic E-state index is 0.0569. The van der Waals surface area contributed by atoms with E-state index < -0.39 is 33.1 Å². The Morgan fingerprint density at radius 2 is 2.13 bits per heavy atom. The fraction of sp³-hybridized carbons (Fsp3) is 0.522. The average Bonchev–Trinajstić information content (AvgIpc) is 3.57. The fourth-order valence-corrected chi connectivity index (χ4v) is 7.21. The van der Waals surface area contributed by atoms with E-state index in [2.05, 4.69) is 24.7 Å². The number of sulfonamides is 1. The number of fused-ring (bicyclic) bond motifs is 2. The highest BCUT2D eigenvalue weighted by Crippen LogP contribution is 2.36. The van der Waals surface area contributed by atoms with E-state index in [-0.39, 0.29) is 22.6 Å². The number of hydrogen-bond donors (Lipinski definition) is 1. The SMILES string of the molecule is CC1OCC1(C#N)NS(=O)(=O)c1cc(N2CCN3CCOC[C@H]3C2)c2ccc(-c3nnc(C(F)F)s3)n2c1. The zero-order valence-electron chi connectivity index (χ0n) is 20.4. The van der Waals surface area contributed by atoms with Gasteiger partial charge in [0, 0.05) is 32.4 Å². The molecule has 0 radical (unpaired) electrons. The lowest BCUT2D eigenvalue weighted by Crippen LogP contribution is -2.66. The van der Waals surface area contributed by atoms with Crippen molar-refractivity contribution in [3.8, 4) is 16.8 Å². The third-order valence-electron chi connectivity index (χ3n) is 7.42. The van der Waals surface area contributed by atoms with Gasteiger partial charge in [-0.3, -0.25) is 4.90 Å². The third kappa shape index (κ3) is 4.25. The van der Waals surface area contributed by atoms with E-state index in [1.54, 1.807) is 23.5 Å². The van der Waals surface area contributed by atoms with Gasteiger partial charge in [-0.1, -0.05) is 11.3 Å². The number of aromatic nitrogens is 3. The van der Waals surface area contributed by atoms with Gasteiger partial charge in [-0.2, -0.15) is 9.98 Å². The Morgan fingerprint density at radius 3 is 2.82 bits per heavy atom. The number of anilines is 1. The summed E-state index contributed by atoms with van der Waals surface area (Å²) in [6, 6.07) is 7.34. The summed E-state index contributed by atoms with van der Waals surface area (Å²) in [6.45, 7) is 5.80. The van der Waals surface area contributed by atoms with E-state index in [1.807, 2.05) is 12.1 Å². The third-order valence-corrected chi connectivity index (χ3v) is 9.85. The van der Waals surface area contributed by atoms with Crippen LogP contribution in [-0.2, 0) is 19.5 Å². The normalized spacial score (nSPS) is 26.3. The number of rotatable bonds is 6. The highest BCUT2D eigenvalue weighted by Gasteiger charge is 2.49. The zero-order valence-corrected chi connectivity index (χ0v) is 22.0. The number of halogens is 2. The van der Waals surface area contributed by atoms with E-state index in [1.165, 1.54) is 6.20 Å². The van der Waals surface area contributed by atoms with Crippen LogP contribution in [0.5, 0.6) is 0 Å². The first-order chi connectivity index (χ1) is 18.2. The van der Waals surface area contributed by atoms with Gasteiger partial charge in [0.05, 0.1) is 54.9 Å². The molecule has 202 valence electrons. The molecule has 1 N–H and O–H groups in total. The van der Waals surface area contributed by atoms with Gasteiger partial charge in [0.15, 0.2) is 15.6 Å². The summed E-state index contributed by atoms with van der Waals surface area (Å²) in [5.74, 6) is 0. The van der Waals surface area contributed by atoms with Crippen LogP contribution in [0.25, 0.3) is 16.2 Å². The average molecular weight is 566 g/mol. The molecule has 3 saturated heterocycles. The second-order valence-corrected chi connectivity index (χ2v) is 12.3. The van der Waals surface area contributed by atoms with Crippen LogP contribution in [0.4, 0.5) is 14.5 Å². The van der Waals surface area contributed by atoms with Crippen LogP contribution in [0.15, 0.2) is 29.3 Å². The molecule has 3 aromatic rings. The van der Waals surface area contributed by atoms with E-state index in [9.17, 15) is 22.5 Å². The molecule has 38 heavy (non-hydrogen) atoms. The van der Waals surface area contributed by atoms with E-state index in [0.717, 1.165) is 24.4 Å². The minimum atomic E-state index is -4.17. The van der Waals surface area contributed by atoms with E-state index in [0.29, 0.717) is 43.2 Å². The van der Waals surface area contributed by atoms with Crippen LogP contribution in [0.2, 0.25) is 0 Å². The summed E-state index contributed by atoms with van der Waals surface area (Å²) in [4.78, 5) is 4.42. The summed E-state index contributed by atoms with van der Waals surface area (Å²) in [6.07, 6.45) is -1.94. The van der Waals surface area contributed by atoms with Gasteiger partial charge in [-0.05, 0) is 25.1 Å². The summed E-state index contributed by atoms with van der Waals surface area (Å²) < 4.78 is 68.8. The number of pyridine rings is 1. The van der Waals surface area contributed by atoms with Crippen LogP contribution in [0.1, 0.15) is 18.4 Å². The van der Waals surface area contributed by atoms with Crippen molar-refractivity contribution < 1.29 is 26.7 Å². The zero-order chi connectivity index (χ0) is 26.7. The van der Waals surface area contributed by atoms with Gasteiger partial charge in [0.2, 0.25) is 10.0 Å². The van der Waals surface area contributed by atoms with Crippen LogP contribution in [0.3, 0.4) is 0 Å². The first kappa shape index (κ1) is 25.5. The Labute approximate surface area is 221 Å². The number of piperazine rings is 1. The van der Waals surface area contributed by atoms with E-state index in [4.69, 9.17) is 9.47 Å². The van der Waals surface area contributed by atoms with Crippen LogP contribution >= 0.6 is 11.3 Å². The molecule has 0 amide bonds. The number of morpholine rings is 1. The van der Waals surface area contributed by atoms with Crippen molar-refractivity contribution >= 4 is 32.6 Å². The van der Waals surface area contributed by atoms with Crippen molar-refractivity contribution in [2.24, 2.45) is 0 Å². The van der Waals surface area contributed by atoms with Crippen LogP contribution < -0.4 is 9.62 Å². The van der Waals surface area contributed by atoms with Crippen molar-refractivity contribution in [2.75, 3.05) is 50.9 Å². The van der Waals surface area contributed by atoms with Crippen LogP contribution in [-0.4, -0.2) is 91.6 Å². The molecule has 2 unspecified atom stereocenters. The van der Waals surface area contributed by atoms with Gasteiger partial charge in [-0.15, -0.1) is 10.2 Å². The molecular formula is C23H25F2N7O4S2. The van der Waals surface area contributed by atoms with Crippen LogP contribution in [0, 0.1) is 11.3 Å². The summed E-state index contributed by atoms with van der Waals surface area (Å²) in [5.41, 5.74) is 0.446. The molecular weight excluding hydrogens is 540 g/mol. The predicted octanol–water partition coefficient (Wildman–Crippen LogP) is 1.88. The first-order valence-electron chi connectivity index (χ1n) is 12.1. The quantitative estimate of drug-likeness (QED) is 0.477. The topological polar surface area (TPSA) is 125 Å². The molecule has 15 heteroatoms. The van der Waals surface area contributed by atoms with Crippen molar-refractivity contribution in [2.45, 2.75) is 35.9 Å². The molecule has 3 atom stereocenters. The monoisotopic (exact) mass is 565 g/mol. The van der Waals surface area contributed by atoms with E-state index >= 15 is 0 Å². The maximum atomic E-state index is 13.6. The second kappa shape index (κ2) is 9.47. The summed E-state index contributed by atoms with van der Waals surface area (Å²) in [5, 5.41) is 17.1. The summed E-state index contributed by atoms with van der Waals surface area (Å²) in [7, 11) is -4.17. The highest BCUT2D eigenvalue weighted by atomic mass is 32.2. The lowest BCUT2D eigenvalue weighted by molar-refractivity contribution is -0.102. The fourth-order valence-electron chi connectivity index (χ4n) is 5.11. The molecule has 11 nitrogen and oxygen atoms in total.